The highest BCUT2D eigenvalue weighted by molar-refractivity contribution is 7.85. The lowest BCUT2D eigenvalue weighted by atomic mass is 9.82. The predicted molar refractivity (Wildman–Crippen MR) is 76.0 cm³/mol. The van der Waals surface area contributed by atoms with Crippen LogP contribution in [-0.4, -0.2) is 35.5 Å². The monoisotopic (exact) mass is 300 g/mol. The zero-order valence-corrected chi connectivity index (χ0v) is 12.8. The Morgan fingerprint density at radius 2 is 2.00 bits per heavy atom. The molecule has 0 unspecified atom stereocenters. The van der Waals surface area contributed by atoms with Crippen molar-refractivity contribution in [3.63, 3.8) is 0 Å². The standard InChI is InChI=1S/C14H20O5S/c1-17-13-8-7-11-10(9-19-20(3,15)16)5-4-6-12(11)14(13)18-2/h7-8,10H,4-6,9H2,1-3H3/t10-/m0/s1. The van der Waals surface area contributed by atoms with Gasteiger partial charge in [0.1, 0.15) is 0 Å². The summed E-state index contributed by atoms with van der Waals surface area (Å²) in [5.41, 5.74) is 2.19. The van der Waals surface area contributed by atoms with Crippen molar-refractivity contribution in [1.29, 1.82) is 0 Å². The van der Waals surface area contributed by atoms with Crippen molar-refractivity contribution in [3.05, 3.63) is 23.3 Å². The quantitative estimate of drug-likeness (QED) is 0.779. The van der Waals surface area contributed by atoms with Crippen molar-refractivity contribution in [2.24, 2.45) is 0 Å². The SMILES string of the molecule is COc1ccc2c(c1OC)CCC[C@H]2COS(C)(=O)=O. The summed E-state index contributed by atoms with van der Waals surface area (Å²) in [7, 11) is -0.182. The molecule has 0 aromatic heterocycles. The van der Waals surface area contributed by atoms with Crippen molar-refractivity contribution in [2.45, 2.75) is 25.2 Å². The van der Waals surface area contributed by atoms with E-state index in [1.807, 2.05) is 12.1 Å². The fraction of sp³-hybridized carbons (Fsp3) is 0.571. The average molecular weight is 300 g/mol. The third-order valence-corrected chi connectivity index (χ3v) is 4.15. The summed E-state index contributed by atoms with van der Waals surface area (Å²) in [6, 6.07) is 3.84. The number of methoxy groups -OCH3 is 2. The summed E-state index contributed by atoms with van der Waals surface area (Å²) in [4.78, 5) is 0. The highest BCUT2D eigenvalue weighted by Crippen LogP contribution is 2.41. The van der Waals surface area contributed by atoms with Gasteiger partial charge >= 0.3 is 0 Å². The van der Waals surface area contributed by atoms with Crippen LogP contribution in [0.2, 0.25) is 0 Å². The lowest BCUT2D eigenvalue weighted by Crippen LogP contribution is -2.18. The van der Waals surface area contributed by atoms with E-state index in [0.29, 0.717) is 5.75 Å². The fourth-order valence-electron chi connectivity index (χ4n) is 2.71. The number of rotatable bonds is 5. The molecular weight excluding hydrogens is 280 g/mol. The molecule has 6 heteroatoms. The summed E-state index contributed by atoms with van der Waals surface area (Å²) in [6.45, 7) is 0.182. The molecule has 0 saturated carbocycles. The lowest BCUT2D eigenvalue weighted by Gasteiger charge is -2.27. The van der Waals surface area contributed by atoms with Gasteiger partial charge in [0.15, 0.2) is 11.5 Å². The number of hydrogen-bond acceptors (Lipinski definition) is 5. The highest BCUT2D eigenvalue weighted by Gasteiger charge is 2.26. The number of fused-ring (bicyclic) bond motifs is 1. The molecule has 2 rings (SSSR count). The van der Waals surface area contributed by atoms with Crippen LogP contribution >= 0.6 is 0 Å². The van der Waals surface area contributed by atoms with Crippen molar-refractivity contribution >= 4 is 10.1 Å². The van der Waals surface area contributed by atoms with Crippen molar-refractivity contribution in [1.82, 2.24) is 0 Å². The van der Waals surface area contributed by atoms with Gasteiger partial charge in [-0.05, 0) is 30.9 Å². The van der Waals surface area contributed by atoms with Gasteiger partial charge in [0.25, 0.3) is 10.1 Å². The molecule has 1 aliphatic rings. The second-order valence-corrected chi connectivity index (χ2v) is 6.59. The minimum Gasteiger partial charge on any atom is -0.493 e. The molecule has 0 spiro atoms. The van der Waals surface area contributed by atoms with Gasteiger partial charge in [-0.25, -0.2) is 0 Å². The molecule has 0 amide bonds. The van der Waals surface area contributed by atoms with Crippen molar-refractivity contribution < 1.29 is 22.1 Å². The maximum Gasteiger partial charge on any atom is 0.264 e. The first-order valence-corrected chi connectivity index (χ1v) is 8.36. The van der Waals surface area contributed by atoms with E-state index in [1.165, 1.54) is 0 Å². The van der Waals surface area contributed by atoms with E-state index in [9.17, 15) is 8.42 Å². The normalized spacial score (nSPS) is 18.4. The fourth-order valence-corrected chi connectivity index (χ4v) is 3.12. The number of ether oxygens (including phenoxy) is 2. The van der Waals surface area contributed by atoms with E-state index in [0.717, 1.165) is 42.4 Å². The van der Waals surface area contributed by atoms with Gasteiger partial charge < -0.3 is 9.47 Å². The Morgan fingerprint density at radius 3 is 2.60 bits per heavy atom. The molecule has 0 fully saturated rings. The summed E-state index contributed by atoms with van der Waals surface area (Å²) in [5, 5.41) is 0. The smallest absolute Gasteiger partial charge is 0.264 e. The van der Waals surface area contributed by atoms with Crippen LogP contribution < -0.4 is 9.47 Å². The Hall–Kier alpha value is -1.27. The summed E-state index contributed by atoms with van der Waals surface area (Å²) in [6.07, 6.45) is 3.88. The average Bonchev–Trinajstić information content (AvgIpc) is 2.42. The summed E-state index contributed by atoms with van der Waals surface area (Å²) >= 11 is 0. The van der Waals surface area contributed by atoms with E-state index in [-0.39, 0.29) is 12.5 Å². The minimum absolute atomic E-state index is 0.0771. The number of benzene rings is 1. The summed E-state index contributed by atoms with van der Waals surface area (Å²) < 4.78 is 38.0. The van der Waals surface area contributed by atoms with E-state index in [2.05, 4.69) is 0 Å². The van der Waals surface area contributed by atoms with Crippen LogP contribution in [-0.2, 0) is 20.7 Å². The Balaban J connectivity index is 2.32. The molecule has 1 aromatic rings. The van der Waals surface area contributed by atoms with Gasteiger partial charge in [0, 0.05) is 11.5 Å². The van der Waals surface area contributed by atoms with Gasteiger partial charge in [0.05, 0.1) is 27.1 Å². The molecule has 0 radical (unpaired) electrons. The van der Waals surface area contributed by atoms with E-state index >= 15 is 0 Å². The van der Waals surface area contributed by atoms with Gasteiger partial charge in [-0.3, -0.25) is 4.18 Å². The van der Waals surface area contributed by atoms with Crippen LogP contribution in [0.15, 0.2) is 12.1 Å². The zero-order chi connectivity index (χ0) is 14.8. The lowest BCUT2D eigenvalue weighted by molar-refractivity contribution is 0.278. The first kappa shape index (κ1) is 15.1. The molecule has 0 saturated heterocycles. The molecule has 20 heavy (non-hydrogen) atoms. The largest absolute Gasteiger partial charge is 0.493 e. The molecule has 1 atom stereocenters. The van der Waals surface area contributed by atoms with Crippen LogP contribution in [0, 0.1) is 0 Å². The van der Waals surface area contributed by atoms with Crippen molar-refractivity contribution in [2.75, 3.05) is 27.1 Å². The zero-order valence-electron chi connectivity index (χ0n) is 12.0. The maximum absolute atomic E-state index is 11.1. The van der Waals surface area contributed by atoms with Gasteiger partial charge in [-0.1, -0.05) is 6.07 Å². The van der Waals surface area contributed by atoms with Crippen LogP contribution in [0.1, 0.15) is 29.9 Å². The summed E-state index contributed by atoms with van der Waals surface area (Å²) in [5.74, 6) is 1.53. The molecule has 5 nitrogen and oxygen atoms in total. The topological polar surface area (TPSA) is 61.8 Å². The third-order valence-electron chi connectivity index (χ3n) is 3.59. The van der Waals surface area contributed by atoms with Gasteiger partial charge in [0.2, 0.25) is 0 Å². The molecule has 0 bridgehead atoms. The predicted octanol–water partition coefficient (Wildman–Crippen LogP) is 2.10. The highest BCUT2D eigenvalue weighted by atomic mass is 32.2. The second kappa shape index (κ2) is 6.01. The van der Waals surface area contributed by atoms with Gasteiger partial charge in [-0.15, -0.1) is 0 Å². The molecule has 0 aliphatic heterocycles. The van der Waals surface area contributed by atoms with Crippen LogP contribution in [0.4, 0.5) is 0 Å². The van der Waals surface area contributed by atoms with E-state index < -0.39 is 10.1 Å². The molecule has 0 N–H and O–H groups in total. The minimum atomic E-state index is -3.41. The molecule has 1 aromatic carbocycles. The van der Waals surface area contributed by atoms with E-state index in [4.69, 9.17) is 13.7 Å². The molecule has 112 valence electrons. The molecular formula is C14H20O5S. The van der Waals surface area contributed by atoms with Crippen molar-refractivity contribution in [3.8, 4) is 11.5 Å². The second-order valence-electron chi connectivity index (χ2n) is 4.95. The van der Waals surface area contributed by atoms with E-state index in [1.54, 1.807) is 14.2 Å². The first-order chi connectivity index (χ1) is 9.46. The number of hydrogen-bond donors (Lipinski definition) is 0. The third kappa shape index (κ3) is 3.24. The Kier molecular flexibility index (Phi) is 4.55. The van der Waals surface area contributed by atoms with Crippen LogP contribution in [0.25, 0.3) is 0 Å². The Bertz CT molecular complexity index is 579. The van der Waals surface area contributed by atoms with Crippen LogP contribution in [0.3, 0.4) is 0 Å². The first-order valence-electron chi connectivity index (χ1n) is 6.54. The van der Waals surface area contributed by atoms with Crippen LogP contribution in [0.5, 0.6) is 11.5 Å². The van der Waals surface area contributed by atoms with Gasteiger partial charge in [-0.2, -0.15) is 8.42 Å². The molecule has 0 heterocycles. The molecule has 1 aliphatic carbocycles. The maximum atomic E-state index is 11.1. The Labute approximate surface area is 120 Å². The Morgan fingerprint density at radius 1 is 1.25 bits per heavy atom.